The average Bonchev–Trinajstić information content (AvgIpc) is 4.02. The van der Waals surface area contributed by atoms with Gasteiger partial charge in [0.05, 0.1) is 26.8 Å². The molecule has 0 bridgehead atoms. The number of para-hydroxylation sites is 4. The van der Waals surface area contributed by atoms with E-state index < -0.39 is 0 Å². The molecule has 0 spiro atoms. The maximum absolute atomic E-state index is 2.44. The zero-order valence-corrected chi connectivity index (χ0v) is 35.6. The Morgan fingerprint density at radius 2 is 0.750 bits per heavy atom. The third-order valence-corrected chi connectivity index (χ3v) is 14.2. The number of rotatable bonds is 7. The van der Waals surface area contributed by atoms with Crippen molar-refractivity contribution in [1.82, 2.24) is 9.13 Å². The minimum absolute atomic E-state index is 1.09. The van der Waals surface area contributed by atoms with E-state index in [0.717, 1.165) is 22.7 Å². The lowest BCUT2D eigenvalue weighted by molar-refractivity contribution is 1.17. The van der Waals surface area contributed by atoms with Crippen LogP contribution >= 0.6 is 11.3 Å². The van der Waals surface area contributed by atoms with Gasteiger partial charge in [-0.15, -0.1) is 11.3 Å². The predicted molar refractivity (Wildman–Crippen MR) is 274 cm³/mol. The Kier molecular flexibility index (Phi) is 8.40. The van der Waals surface area contributed by atoms with Gasteiger partial charge >= 0.3 is 0 Å². The maximum Gasteiger partial charge on any atom is 0.0727 e. The second-order valence-corrected chi connectivity index (χ2v) is 17.5. The van der Waals surface area contributed by atoms with Crippen LogP contribution in [0.3, 0.4) is 0 Å². The lowest BCUT2D eigenvalue weighted by atomic mass is 9.98. The summed E-state index contributed by atoms with van der Waals surface area (Å²) in [5, 5.41) is 7.59. The molecule has 3 aromatic heterocycles. The van der Waals surface area contributed by atoms with Crippen molar-refractivity contribution in [1.29, 1.82) is 0 Å². The number of thiophene rings is 1. The van der Waals surface area contributed by atoms with Gasteiger partial charge in [-0.1, -0.05) is 158 Å². The minimum Gasteiger partial charge on any atom is -0.311 e. The molecule has 0 aliphatic heterocycles. The van der Waals surface area contributed by atoms with E-state index in [9.17, 15) is 0 Å². The van der Waals surface area contributed by atoms with E-state index >= 15 is 0 Å². The molecule has 0 N–H and O–H groups in total. The molecule has 64 heavy (non-hydrogen) atoms. The van der Waals surface area contributed by atoms with Crippen LogP contribution in [0.1, 0.15) is 0 Å². The van der Waals surface area contributed by atoms with Crippen molar-refractivity contribution < 1.29 is 0 Å². The van der Waals surface area contributed by atoms with E-state index in [2.05, 4.69) is 251 Å². The summed E-state index contributed by atoms with van der Waals surface area (Å²) in [6.07, 6.45) is 0. The van der Waals surface area contributed by atoms with Crippen LogP contribution in [0, 0.1) is 0 Å². The van der Waals surface area contributed by atoms with Crippen LogP contribution in [-0.2, 0) is 0 Å². The zero-order chi connectivity index (χ0) is 42.1. The molecule has 0 unspecified atom stereocenters. The Morgan fingerprint density at radius 1 is 0.297 bits per heavy atom. The molecule has 0 saturated carbocycles. The smallest absolute Gasteiger partial charge is 0.0727 e. The standard InChI is InChI=1S/C60H39N3S/c1-2-16-43(17-3-1)63-57-27-11-8-21-53(57)60-58(63)54-24-13-23-50(59(54)64-60)42-30-34-45(35-31-42)61(44-32-28-41(29-33-44)49-22-12-15-40-14-4-5-18-48(40)49)46-36-38-47(39-37-46)62-55-25-9-6-19-51(55)52-20-7-10-26-56(52)62/h1-39H. The molecule has 4 heteroatoms. The van der Waals surface area contributed by atoms with Crippen molar-refractivity contribution in [3.8, 4) is 33.6 Å². The van der Waals surface area contributed by atoms with Gasteiger partial charge in [-0.3, -0.25) is 0 Å². The number of anilines is 3. The molecule has 13 rings (SSSR count). The fourth-order valence-corrected chi connectivity index (χ4v) is 11.4. The van der Waals surface area contributed by atoms with Crippen LogP contribution in [0.4, 0.5) is 17.1 Å². The normalized spacial score (nSPS) is 11.8. The van der Waals surface area contributed by atoms with E-state index in [1.165, 1.54) is 91.7 Å². The number of hydrogen-bond acceptors (Lipinski definition) is 2. The van der Waals surface area contributed by atoms with Crippen molar-refractivity contribution in [2.75, 3.05) is 4.90 Å². The Labute approximate surface area is 374 Å². The summed E-state index contributed by atoms with van der Waals surface area (Å²) in [6, 6.07) is 86.1. The summed E-state index contributed by atoms with van der Waals surface area (Å²) in [6.45, 7) is 0. The number of fused-ring (bicyclic) bond motifs is 9. The van der Waals surface area contributed by atoms with Crippen LogP contribution < -0.4 is 4.90 Å². The van der Waals surface area contributed by atoms with Crippen LogP contribution in [0.5, 0.6) is 0 Å². The average molecular weight is 834 g/mol. The third-order valence-electron chi connectivity index (χ3n) is 12.9. The van der Waals surface area contributed by atoms with Gasteiger partial charge in [0.2, 0.25) is 0 Å². The quantitative estimate of drug-likeness (QED) is 0.156. The fraction of sp³-hybridized carbons (Fsp3) is 0. The highest BCUT2D eigenvalue weighted by Gasteiger charge is 2.21. The van der Waals surface area contributed by atoms with Gasteiger partial charge in [0.1, 0.15) is 0 Å². The van der Waals surface area contributed by atoms with Crippen LogP contribution in [0.2, 0.25) is 0 Å². The van der Waals surface area contributed by atoms with Gasteiger partial charge in [0.15, 0.2) is 0 Å². The molecule has 3 heterocycles. The van der Waals surface area contributed by atoms with Gasteiger partial charge < -0.3 is 14.0 Å². The number of hydrogen-bond donors (Lipinski definition) is 0. The van der Waals surface area contributed by atoms with Crippen molar-refractivity contribution in [3.63, 3.8) is 0 Å². The molecule has 0 fully saturated rings. The summed E-state index contributed by atoms with van der Waals surface area (Å²) < 4.78 is 7.44. The maximum atomic E-state index is 2.44. The topological polar surface area (TPSA) is 13.1 Å². The highest BCUT2D eigenvalue weighted by molar-refractivity contribution is 7.27. The molecule has 0 aliphatic rings. The molecule has 10 aromatic carbocycles. The first-order chi connectivity index (χ1) is 31.8. The summed E-state index contributed by atoms with van der Waals surface area (Å²) in [5.74, 6) is 0. The summed E-state index contributed by atoms with van der Waals surface area (Å²) in [5.41, 5.74) is 15.4. The zero-order valence-electron chi connectivity index (χ0n) is 34.8. The number of aromatic nitrogens is 2. The second-order valence-electron chi connectivity index (χ2n) is 16.5. The lowest BCUT2D eigenvalue weighted by Gasteiger charge is -2.26. The van der Waals surface area contributed by atoms with Crippen molar-refractivity contribution in [2.45, 2.75) is 0 Å². The van der Waals surface area contributed by atoms with Gasteiger partial charge in [-0.25, -0.2) is 0 Å². The monoisotopic (exact) mass is 833 g/mol. The first kappa shape index (κ1) is 36.5. The third kappa shape index (κ3) is 5.73. The Hall–Kier alpha value is -8.18. The fourth-order valence-electron chi connectivity index (χ4n) is 10.0. The molecule has 0 atom stereocenters. The van der Waals surface area contributed by atoms with Gasteiger partial charge in [-0.2, -0.15) is 0 Å². The molecule has 3 nitrogen and oxygen atoms in total. The molecule has 0 radical (unpaired) electrons. The molecular weight excluding hydrogens is 795 g/mol. The van der Waals surface area contributed by atoms with E-state index in [1.807, 2.05) is 11.3 Å². The van der Waals surface area contributed by atoms with Crippen LogP contribution in [0.15, 0.2) is 237 Å². The summed E-state index contributed by atoms with van der Waals surface area (Å²) >= 11 is 1.90. The van der Waals surface area contributed by atoms with E-state index in [1.54, 1.807) is 0 Å². The van der Waals surface area contributed by atoms with Crippen molar-refractivity contribution in [3.05, 3.63) is 237 Å². The van der Waals surface area contributed by atoms with Gasteiger partial charge in [0.25, 0.3) is 0 Å². The second kappa shape index (κ2) is 14.7. The highest BCUT2D eigenvalue weighted by atomic mass is 32.1. The van der Waals surface area contributed by atoms with Gasteiger partial charge in [0, 0.05) is 54.7 Å². The first-order valence-electron chi connectivity index (χ1n) is 21.8. The minimum atomic E-state index is 1.09. The highest BCUT2D eigenvalue weighted by Crippen LogP contribution is 2.46. The Bertz CT molecular complexity index is 3820. The lowest BCUT2D eigenvalue weighted by Crippen LogP contribution is -2.10. The first-order valence-corrected chi connectivity index (χ1v) is 22.7. The van der Waals surface area contributed by atoms with E-state index in [-0.39, 0.29) is 0 Å². The molecule has 0 amide bonds. The molecule has 300 valence electrons. The number of benzene rings is 10. The van der Waals surface area contributed by atoms with Gasteiger partial charge in [-0.05, 0) is 112 Å². The van der Waals surface area contributed by atoms with Crippen LogP contribution in [0.25, 0.3) is 97.4 Å². The van der Waals surface area contributed by atoms with Crippen molar-refractivity contribution >= 4 is 92.2 Å². The largest absolute Gasteiger partial charge is 0.311 e. The molecule has 0 saturated heterocycles. The summed E-state index contributed by atoms with van der Waals surface area (Å²) in [4.78, 5) is 2.38. The van der Waals surface area contributed by atoms with E-state index in [4.69, 9.17) is 0 Å². The SMILES string of the molecule is c1ccc(-n2c3ccccc3c3sc4c(-c5ccc(N(c6ccc(-c7cccc8ccccc78)cc6)c6ccc(-n7c8ccccc8c8ccccc87)cc6)cc5)cccc4c32)cc1. The summed E-state index contributed by atoms with van der Waals surface area (Å²) in [7, 11) is 0. The molecule has 0 aliphatic carbocycles. The van der Waals surface area contributed by atoms with E-state index in [0.29, 0.717) is 0 Å². The Balaban J connectivity index is 0.929. The molecule has 13 aromatic rings. The number of nitrogens with zero attached hydrogens (tertiary/aromatic N) is 3. The van der Waals surface area contributed by atoms with Crippen molar-refractivity contribution in [2.24, 2.45) is 0 Å². The Morgan fingerprint density at radius 3 is 1.41 bits per heavy atom. The molecular formula is C60H39N3S. The predicted octanol–water partition coefficient (Wildman–Crippen LogP) is 17.1. The van der Waals surface area contributed by atoms with Crippen LogP contribution in [-0.4, -0.2) is 9.13 Å².